The molecule has 0 aliphatic heterocycles. The number of hydrogen-bond acceptors (Lipinski definition) is 6. The molecule has 2 aromatic carbocycles. The number of rotatable bonds is 7. The molecule has 1 amide bonds. The molecule has 0 saturated heterocycles. The van der Waals surface area contributed by atoms with Gasteiger partial charge in [0.1, 0.15) is 5.75 Å². The van der Waals surface area contributed by atoms with Crippen molar-refractivity contribution in [1.82, 2.24) is 5.32 Å². The van der Waals surface area contributed by atoms with E-state index < -0.39 is 14.8 Å². The molecule has 0 bridgehead atoms. The lowest BCUT2D eigenvalue weighted by Gasteiger charge is -2.08. The summed E-state index contributed by atoms with van der Waals surface area (Å²) >= 11 is 0. The summed E-state index contributed by atoms with van der Waals surface area (Å²) in [5.74, 6) is -0.755. The van der Waals surface area contributed by atoms with Gasteiger partial charge < -0.3 is 10.1 Å². The van der Waals surface area contributed by atoms with Gasteiger partial charge in [-0.15, -0.1) is 0 Å². The van der Waals surface area contributed by atoms with Crippen molar-refractivity contribution in [2.75, 3.05) is 5.88 Å². The standard InChI is InChI=1S/C19H21NO5S2/c1-13(2)19(22)25-16-8-6-15(7-9-16)18(21)20-12-26-27(23,24)17-10-4-14(3)5-11-17/h4-11,13H,12H2,1-3H3,(H,20,21). The summed E-state index contributed by atoms with van der Waals surface area (Å²) < 4.78 is 29.6. The van der Waals surface area contributed by atoms with Crippen LogP contribution in [-0.4, -0.2) is 26.2 Å². The summed E-state index contributed by atoms with van der Waals surface area (Å²) in [6.07, 6.45) is 0. The van der Waals surface area contributed by atoms with Crippen LogP contribution in [0.4, 0.5) is 0 Å². The molecule has 2 rings (SSSR count). The number of esters is 1. The lowest BCUT2D eigenvalue weighted by Crippen LogP contribution is -2.23. The first-order valence-electron chi connectivity index (χ1n) is 8.25. The second-order valence-corrected chi connectivity index (χ2v) is 10.1. The molecule has 6 nitrogen and oxygen atoms in total. The number of ether oxygens (including phenoxy) is 1. The average Bonchev–Trinajstić information content (AvgIpc) is 2.62. The van der Waals surface area contributed by atoms with Crippen LogP contribution in [0, 0.1) is 12.8 Å². The van der Waals surface area contributed by atoms with E-state index in [4.69, 9.17) is 4.74 Å². The van der Waals surface area contributed by atoms with Crippen LogP contribution in [0.1, 0.15) is 29.8 Å². The molecule has 0 unspecified atom stereocenters. The highest BCUT2D eigenvalue weighted by Gasteiger charge is 2.16. The summed E-state index contributed by atoms with van der Waals surface area (Å²) in [5, 5.41) is 2.55. The van der Waals surface area contributed by atoms with Crippen molar-refractivity contribution in [3.8, 4) is 5.75 Å². The van der Waals surface area contributed by atoms with Gasteiger partial charge in [-0.25, -0.2) is 8.42 Å². The minimum absolute atomic E-state index is 0.0842. The van der Waals surface area contributed by atoms with Gasteiger partial charge >= 0.3 is 5.97 Å². The summed E-state index contributed by atoms with van der Waals surface area (Å²) in [4.78, 5) is 23.9. The van der Waals surface area contributed by atoms with Crippen LogP contribution >= 0.6 is 10.8 Å². The van der Waals surface area contributed by atoms with Crippen molar-refractivity contribution < 1.29 is 22.7 Å². The number of aryl methyl sites for hydroxylation is 1. The molecule has 0 radical (unpaired) electrons. The zero-order valence-corrected chi connectivity index (χ0v) is 16.9. The third-order valence-corrected chi connectivity index (χ3v) is 6.85. The molecule has 0 atom stereocenters. The van der Waals surface area contributed by atoms with Crippen LogP contribution in [-0.2, 0) is 13.7 Å². The average molecular weight is 408 g/mol. The Labute approximate surface area is 162 Å². The molecular weight excluding hydrogens is 386 g/mol. The number of hydrogen-bond donors (Lipinski definition) is 1. The Kier molecular flexibility index (Phi) is 7.04. The lowest BCUT2D eigenvalue weighted by atomic mass is 10.2. The smallest absolute Gasteiger partial charge is 0.313 e. The van der Waals surface area contributed by atoms with Crippen LogP contribution in [0.5, 0.6) is 5.75 Å². The molecule has 0 aliphatic rings. The molecule has 0 heterocycles. The van der Waals surface area contributed by atoms with Crippen molar-refractivity contribution in [3.63, 3.8) is 0 Å². The maximum absolute atomic E-state index is 12.2. The van der Waals surface area contributed by atoms with E-state index in [1.165, 1.54) is 36.4 Å². The second kappa shape index (κ2) is 9.05. The van der Waals surface area contributed by atoms with Gasteiger partial charge in [-0.05, 0) is 54.1 Å². The van der Waals surface area contributed by atoms with Crippen molar-refractivity contribution in [3.05, 3.63) is 59.7 Å². The summed E-state index contributed by atoms with van der Waals surface area (Å²) in [6, 6.07) is 12.6. The van der Waals surface area contributed by atoms with Crippen LogP contribution in [0.25, 0.3) is 0 Å². The van der Waals surface area contributed by atoms with Crippen molar-refractivity contribution in [1.29, 1.82) is 0 Å². The van der Waals surface area contributed by atoms with Gasteiger partial charge in [0, 0.05) is 5.56 Å². The molecule has 8 heteroatoms. The number of nitrogens with one attached hydrogen (secondary N) is 1. The van der Waals surface area contributed by atoms with Crippen LogP contribution in [0.3, 0.4) is 0 Å². The highest BCUT2D eigenvalue weighted by Crippen LogP contribution is 2.22. The molecular formula is C19H21NO5S2. The Morgan fingerprint density at radius 3 is 2.19 bits per heavy atom. The molecule has 1 N–H and O–H groups in total. The first-order chi connectivity index (χ1) is 12.7. The van der Waals surface area contributed by atoms with Crippen LogP contribution in [0.15, 0.2) is 53.4 Å². The zero-order valence-electron chi connectivity index (χ0n) is 15.3. The van der Waals surface area contributed by atoms with Gasteiger partial charge in [0.25, 0.3) is 5.91 Å². The van der Waals surface area contributed by atoms with E-state index in [9.17, 15) is 18.0 Å². The largest absolute Gasteiger partial charge is 0.426 e. The predicted octanol–water partition coefficient (Wildman–Crippen LogP) is 3.37. The third kappa shape index (κ3) is 6.11. The Bertz CT molecular complexity index is 904. The molecule has 144 valence electrons. The van der Waals surface area contributed by atoms with E-state index in [1.807, 2.05) is 6.92 Å². The third-order valence-electron chi connectivity index (χ3n) is 3.56. The Balaban J connectivity index is 1.90. The fraction of sp³-hybridized carbons (Fsp3) is 0.263. The van der Waals surface area contributed by atoms with Gasteiger partial charge in [-0.1, -0.05) is 31.5 Å². The molecule has 0 saturated carbocycles. The highest BCUT2D eigenvalue weighted by molar-refractivity contribution is 8.72. The van der Waals surface area contributed by atoms with E-state index in [-0.39, 0.29) is 22.7 Å². The second-order valence-electron chi connectivity index (χ2n) is 6.14. The monoisotopic (exact) mass is 407 g/mol. The normalized spacial score (nSPS) is 11.3. The highest BCUT2D eigenvalue weighted by atomic mass is 33.1. The molecule has 2 aromatic rings. The SMILES string of the molecule is Cc1ccc(S(=O)(=O)SCNC(=O)c2ccc(OC(=O)C(C)C)cc2)cc1. The maximum atomic E-state index is 12.2. The molecule has 0 fully saturated rings. The number of carbonyl (C=O) groups is 2. The van der Waals surface area contributed by atoms with Gasteiger partial charge in [0.05, 0.1) is 16.7 Å². The van der Waals surface area contributed by atoms with Gasteiger partial charge in [0.2, 0.25) is 8.87 Å². The van der Waals surface area contributed by atoms with Crippen LogP contribution < -0.4 is 10.1 Å². The summed E-state index contributed by atoms with van der Waals surface area (Å²) in [6.45, 7) is 5.33. The van der Waals surface area contributed by atoms with Gasteiger partial charge in [0.15, 0.2) is 0 Å². The minimum atomic E-state index is -3.54. The molecule has 0 spiro atoms. The summed E-state index contributed by atoms with van der Waals surface area (Å²) in [5.41, 5.74) is 1.31. The first kappa shape index (κ1) is 21.0. The topological polar surface area (TPSA) is 89.5 Å². The van der Waals surface area contributed by atoms with E-state index >= 15 is 0 Å². The lowest BCUT2D eigenvalue weighted by molar-refractivity contribution is -0.137. The Morgan fingerprint density at radius 1 is 1.04 bits per heavy atom. The Hall–Kier alpha value is -2.32. The van der Waals surface area contributed by atoms with E-state index in [2.05, 4.69) is 5.32 Å². The maximum Gasteiger partial charge on any atom is 0.313 e. The fourth-order valence-electron chi connectivity index (χ4n) is 1.96. The van der Waals surface area contributed by atoms with Gasteiger partial charge in [-0.2, -0.15) is 0 Å². The summed E-state index contributed by atoms with van der Waals surface area (Å²) in [7, 11) is -2.89. The van der Waals surface area contributed by atoms with E-state index in [0.29, 0.717) is 22.1 Å². The van der Waals surface area contributed by atoms with Crippen molar-refractivity contribution in [2.24, 2.45) is 5.92 Å². The molecule has 0 aliphatic carbocycles. The first-order valence-corrected chi connectivity index (χ1v) is 11.2. The van der Waals surface area contributed by atoms with Crippen LogP contribution in [0.2, 0.25) is 0 Å². The predicted molar refractivity (Wildman–Crippen MR) is 105 cm³/mol. The van der Waals surface area contributed by atoms with Crippen molar-refractivity contribution >= 4 is 31.5 Å². The van der Waals surface area contributed by atoms with Gasteiger partial charge in [-0.3, -0.25) is 9.59 Å². The number of carbonyl (C=O) groups excluding carboxylic acids is 2. The minimum Gasteiger partial charge on any atom is -0.426 e. The number of amides is 1. The Morgan fingerprint density at radius 2 is 1.63 bits per heavy atom. The number of benzene rings is 2. The molecule has 27 heavy (non-hydrogen) atoms. The molecule has 0 aromatic heterocycles. The van der Waals surface area contributed by atoms with Crippen molar-refractivity contribution in [2.45, 2.75) is 25.7 Å². The zero-order chi connectivity index (χ0) is 20.0. The van der Waals surface area contributed by atoms with E-state index in [1.54, 1.807) is 26.0 Å². The quantitative estimate of drug-likeness (QED) is 0.328. The fourth-order valence-corrected chi connectivity index (χ4v) is 4.29. The van der Waals surface area contributed by atoms with E-state index in [0.717, 1.165) is 5.56 Å².